The lowest BCUT2D eigenvalue weighted by Crippen LogP contribution is -2.14. The summed E-state index contributed by atoms with van der Waals surface area (Å²) in [7, 11) is 1.64. The molecule has 0 saturated heterocycles. The summed E-state index contributed by atoms with van der Waals surface area (Å²) >= 11 is 0. The summed E-state index contributed by atoms with van der Waals surface area (Å²) in [6.45, 7) is 0. The molecule has 6 heteroatoms. The van der Waals surface area contributed by atoms with Crippen LogP contribution in [-0.4, -0.2) is 20.6 Å². The molecule has 1 aromatic carbocycles. The Bertz CT molecular complexity index is 876. The van der Waals surface area contributed by atoms with Crippen LogP contribution in [0.25, 0.3) is 22.6 Å². The average Bonchev–Trinajstić information content (AvgIpc) is 2.85. The minimum Gasteiger partial charge on any atom is -0.478 e. The number of hydrogen-bond donors (Lipinski definition) is 1. The van der Waals surface area contributed by atoms with Crippen molar-refractivity contribution in [1.82, 2.24) is 9.55 Å². The lowest BCUT2D eigenvalue weighted by molar-refractivity contribution is 0.0698. The van der Waals surface area contributed by atoms with Crippen molar-refractivity contribution in [1.29, 1.82) is 0 Å². The molecule has 0 aliphatic carbocycles. The summed E-state index contributed by atoms with van der Waals surface area (Å²) in [5.74, 6) is -0.853. The number of rotatable bonds is 2. The Morgan fingerprint density at radius 1 is 1.35 bits per heavy atom. The van der Waals surface area contributed by atoms with Gasteiger partial charge in [0.25, 0.3) is 5.56 Å². The van der Waals surface area contributed by atoms with E-state index in [2.05, 4.69) is 4.98 Å². The first-order valence-electron chi connectivity index (χ1n) is 5.86. The van der Waals surface area contributed by atoms with Crippen LogP contribution in [0.15, 0.2) is 45.7 Å². The molecule has 0 spiro atoms. The van der Waals surface area contributed by atoms with Crippen LogP contribution in [0.2, 0.25) is 0 Å². The summed E-state index contributed by atoms with van der Waals surface area (Å²) in [5, 5.41) is 9.10. The minimum absolute atomic E-state index is 0.0464. The number of aryl methyl sites for hydroxylation is 1. The highest BCUT2D eigenvalue weighted by Gasteiger charge is 2.15. The quantitative estimate of drug-likeness (QED) is 0.768. The molecule has 0 atom stereocenters. The van der Waals surface area contributed by atoms with Crippen molar-refractivity contribution >= 4 is 17.1 Å². The fourth-order valence-electron chi connectivity index (χ4n) is 1.92. The second-order valence-electron chi connectivity index (χ2n) is 4.34. The van der Waals surface area contributed by atoms with Crippen LogP contribution in [0.1, 0.15) is 10.4 Å². The third kappa shape index (κ3) is 1.87. The maximum Gasteiger partial charge on any atom is 0.339 e. The second kappa shape index (κ2) is 4.34. The Hall–Kier alpha value is -2.89. The van der Waals surface area contributed by atoms with E-state index in [0.717, 1.165) is 0 Å². The van der Waals surface area contributed by atoms with Gasteiger partial charge in [-0.2, -0.15) is 0 Å². The number of hydrogen-bond acceptors (Lipinski definition) is 4. The topological polar surface area (TPSA) is 85.3 Å². The van der Waals surface area contributed by atoms with Crippen LogP contribution in [0.4, 0.5) is 0 Å². The normalized spacial score (nSPS) is 10.8. The first-order chi connectivity index (χ1) is 9.56. The number of oxazole rings is 1. The van der Waals surface area contributed by atoms with Gasteiger partial charge in [0.05, 0.1) is 0 Å². The van der Waals surface area contributed by atoms with Crippen LogP contribution in [0, 0.1) is 0 Å². The summed E-state index contributed by atoms with van der Waals surface area (Å²) in [5.41, 5.74) is 1.02. The molecule has 0 bridgehead atoms. The molecule has 0 aliphatic rings. The first kappa shape index (κ1) is 12.2. The Kier molecular flexibility index (Phi) is 2.64. The van der Waals surface area contributed by atoms with Crippen LogP contribution >= 0.6 is 0 Å². The molecule has 0 amide bonds. The lowest BCUT2D eigenvalue weighted by Gasteiger charge is -1.97. The van der Waals surface area contributed by atoms with E-state index in [4.69, 9.17) is 9.52 Å². The molecule has 100 valence electrons. The van der Waals surface area contributed by atoms with Crippen LogP contribution in [0.3, 0.4) is 0 Å². The zero-order valence-corrected chi connectivity index (χ0v) is 10.5. The van der Waals surface area contributed by atoms with Gasteiger partial charge in [-0.15, -0.1) is 0 Å². The zero-order valence-electron chi connectivity index (χ0n) is 10.5. The third-order valence-corrected chi connectivity index (χ3v) is 3.00. The van der Waals surface area contributed by atoms with E-state index in [0.29, 0.717) is 11.1 Å². The first-order valence-corrected chi connectivity index (χ1v) is 5.86. The van der Waals surface area contributed by atoms with Gasteiger partial charge in [0.2, 0.25) is 5.89 Å². The van der Waals surface area contributed by atoms with Gasteiger partial charge < -0.3 is 14.1 Å². The zero-order chi connectivity index (χ0) is 14.3. The fraction of sp³-hybridized carbons (Fsp3) is 0.0714. The number of aromatic nitrogens is 2. The van der Waals surface area contributed by atoms with E-state index in [1.165, 1.54) is 16.7 Å². The summed E-state index contributed by atoms with van der Waals surface area (Å²) in [4.78, 5) is 26.9. The monoisotopic (exact) mass is 270 g/mol. The van der Waals surface area contributed by atoms with Gasteiger partial charge >= 0.3 is 5.97 Å². The number of carbonyl (C=O) groups is 1. The van der Waals surface area contributed by atoms with Crippen molar-refractivity contribution in [3.8, 4) is 11.5 Å². The summed E-state index contributed by atoms with van der Waals surface area (Å²) < 4.78 is 6.93. The van der Waals surface area contributed by atoms with E-state index < -0.39 is 5.97 Å². The second-order valence-corrected chi connectivity index (χ2v) is 4.34. The number of aromatic carboxylic acids is 1. The smallest absolute Gasteiger partial charge is 0.339 e. The standard InChI is InChI=1S/C14H10N2O4/c1-16-6-5-8(7-11(16)17)13-15-10-4-2-3-9(14(18)19)12(10)20-13/h2-7H,1H3,(H,18,19). The van der Waals surface area contributed by atoms with Crippen LogP contribution in [0.5, 0.6) is 0 Å². The molecule has 2 aromatic heterocycles. The fourth-order valence-corrected chi connectivity index (χ4v) is 1.92. The SMILES string of the molecule is Cn1ccc(-c2nc3cccc(C(=O)O)c3o2)cc1=O. The molecular formula is C14H10N2O4. The summed E-state index contributed by atoms with van der Waals surface area (Å²) in [6.07, 6.45) is 1.60. The van der Waals surface area contributed by atoms with Gasteiger partial charge in [-0.25, -0.2) is 9.78 Å². The number of para-hydroxylation sites is 1. The Labute approximate surface area is 112 Å². The molecule has 0 aliphatic heterocycles. The number of carboxylic acid groups (broad SMARTS) is 1. The van der Waals surface area contributed by atoms with Gasteiger partial charge in [0, 0.05) is 24.9 Å². The third-order valence-electron chi connectivity index (χ3n) is 3.00. The van der Waals surface area contributed by atoms with Gasteiger partial charge in [0.15, 0.2) is 5.58 Å². The van der Waals surface area contributed by atoms with Crippen molar-refractivity contribution in [2.24, 2.45) is 7.05 Å². The minimum atomic E-state index is -1.08. The molecular weight excluding hydrogens is 260 g/mol. The van der Waals surface area contributed by atoms with Gasteiger partial charge in [-0.3, -0.25) is 4.79 Å². The largest absolute Gasteiger partial charge is 0.478 e. The predicted molar refractivity (Wildman–Crippen MR) is 71.6 cm³/mol. The molecule has 0 unspecified atom stereocenters. The Morgan fingerprint density at radius 3 is 2.85 bits per heavy atom. The Morgan fingerprint density at radius 2 is 2.15 bits per heavy atom. The van der Waals surface area contributed by atoms with Gasteiger partial charge in [-0.1, -0.05) is 6.07 Å². The van der Waals surface area contributed by atoms with E-state index in [1.807, 2.05) is 0 Å². The molecule has 0 saturated carbocycles. The van der Waals surface area contributed by atoms with Crippen LogP contribution < -0.4 is 5.56 Å². The van der Waals surface area contributed by atoms with Crippen molar-refractivity contribution in [2.75, 3.05) is 0 Å². The van der Waals surface area contributed by atoms with E-state index >= 15 is 0 Å². The van der Waals surface area contributed by atoms with Gasteiger partial charge in [0.1, 0.15) is 11.1 Å². The number of carboxylic acids is 1. The predicted octanol–water partition coefficient (Wildman–Crippen LogP) is 1.89. The van der Waals surface area contributed by atoms with Crippen molar-refractivity contribution in [3.05, 3.63) is 52.4 Å². The van der Waals surface area contributed by atoms with Gasteiger partial charge in [-0.05, 0) is 18.2 Å². The van der Waals surface area contributed by atoms with Crippen molar-refractivity contribution in [3.63, 3.8) is 0 Å². The highest BCUT2D eigenvalue weighted by molar-refractivity contribution is 6.00. The van der Waals surface area contributed by atoms with Crippen LogP contribution in [-0.2, 0) is 7.05 Å². The molecule has 6 nitrogen and oxygen atoms in total. The maximum absolute atomic E-state index is 11.6. The molecule has 2 heterocycles. The number of nitrogens with zero attached hydrogens (tertiary/aromatic N) is 2. The molecule has 0 fully saturated rings. The molecule has 3 rings (SSSR count). The van der Waals surface area contributed by atoms with Crippen molar-refractivity contribution < 1.29 is 14.3 Å². The maximum atomic E-state index is 11.6. The molecule has 3 aromatic rings. The molecule has 20 heavy (non-hydrogen) atoms. The van der Waals surface area contributed by atoms with E-state index in [-0.39, 0.29) is 22.6 Å². The number of fused-ring (bicyclic) bond motifs is 1. The number of benzene rings is 1. The van der Waals surface area contributed by atoms with E-state index in [1.54, 1.807) is 31.4 Å². The average molecular weight is 270 g/mol. The molecule has 1 N–H and O–H groups in total. The van der Waals surface area contributed by atoms with E-state index in [9.17, 15) is 9.59 Å². The Balaban J connectivity index is 2.23. The molecule has 0 radical (unpaired) electrons. The van der Waals surface area contributed by atoms with Crippen molar-refractivity contribution in [2.45, 2.75) is 0 Å². The summed E-state index contributed by atoms with van der Waals surface area (Å²) in [6, 6.07) is 7.79. The highest BCUT2D eigenvalue weighted by Crippen LogP contribution is 2.25. The lowest BCUT2D eigenvalue weighted by atomic mass is 10.2. The number of pyridine rings is 1. The highest BCUT2D eigenvalue weighted by atomic mass is 16.4.